The van der Waals surface area contributed by atoms with Gasteiger partial charge < -0.3 is 4.74 Å². The lowest BCUT2D eigenvalue weighted by Gasteiger charge is -2.33. The lowest BCUT2D eigenvalue weighted by Crippen LogP contribution is -2.35. The van der Waals surface area contributed by atoms with Gasteiger partial charge in [0.15, 0.2) is 10.6 Å². The Morgan fingerprint density at radius 1 is 1.30 bits per heavy atom. The number of hydrogen-bond donors (Lipinski definition) is 0. The van der Waals surface area contributed by atoms with Gasteiger partial charge in [-0.3, -0.25) is 14.5 Å². The van der Waals surface area contributed by atoms with Crippen molar-refractivity contribution in [2.45, 2.75) is 32.6 Å². The number of rotatable bonds is 6. The van der Waals surface area contributed by atoms with Crippen LogP contribution in [0.3, 0.4) is 0 Å². The lowest BCUT2D eigenvalue weighted by atomic mass is 10.0. The summed E-state index contributed by atoms with van der Waals surface area (Å²) < 4.78 is 9.99. The molecule has 4 heterocycles. The van der Waals surface area contributed by atoms with Crippen molar-refractivity contribution in [3.8, 4) is 11.4 Å². The first-order chi connectivity index (χ1) is 13.2. The quantitative estimate of drug-likeness (QED) is 0.589. The number of ether oxygens (including phenoxy) is 1. The lowest BCUT2D eigenvalue weighted by molar-refractivity contribution is 0.143. The molecule has 0 unspecified atom stereocenters. The van der Waals surface area contributed by atoms with Crippen LogP contribution in [0.4, 0.5) is 0 Å². The van der Waals surface area contributed by atoms with Crippen LogP contribution in [-0.4, -0.2) is 44.5 Å². The molecule has 0 fully saturated rings. The maximum absolute atomic E-state index is 5.76. The molecule has 0 saturated heterocycles. The van der Waals surface area contributed by atoms with Crippen molar-refractivity contribution in [1.82, 2.24) is 24.2 Å². The highest BCUT2D eigenvalue weighted by Crippen LogP contribution is 2.33. The van der Waals surface area contributed by atoms with E-state index in [4.69, 9.17) is 22.1 Å². The molecule has 0 bridgehead atoms. The van der Waals surface area contributed by atoms with Gasteiger partial charge in [0, 0.05) is 42.5 Å². The topological polar surface area (TPSA) is 48.1 Å². The summed E-state index contributed by atoms with van der Waals surface area (Å²) in [6, 6.07) is 6.54. The fraction of sp³-hybridized carbons (Fsp3) is 0.421. The second kappa shape index (κ2) is 8.02. The third-order valence-electron chi connectivity index (χ3n) is 5.10. The van der Waals surface area contributed by atoms with Crippen LogP contribution in [0.5, 0.6) is 0 Å². The summed E-state index contributed by atoms with van der Waals surface area (Å²) in [5, 5.41) is 7.05. The van der Waals surface area contributed by atoms with E-state index in [0.29, 0.717) is 25.9 Å². The molecule has 3 aromatic rings. The molecule has 0 aromatic carbocycles. The van der Waals surface area contributed by atoms with Crippen LogP contribution in [0, 0.1) is 4.77 Å². The van der Waals surface area contributed by atoms with E-state index in [9.17, 15) is 0 Å². The van der Waals surface area contributed by atoms with Gasteiger partial charge in [0.1, 0.15) is 0 Å². The van der Waals surface area contributed by atoms with Crippen LogP contribution >= 0.6 is 23.6 Å². The van der Waals surface area contributed by atoms with Gasteiger partial charge in [-0.1, -0.05) is 0 Å². The highest BCUT2D eigenvalue weighted by atomic mass is 32.1. The van der Waals surface area contributed by atoms with E-state index >= 15 is 0 Å². The largest absolute Gasteiger partial charge is 0.383 e. The molecule has 0 saturated carbocycles. The van der Waals surface area contributed by atoms with Crippen LogP contribution in [0.15, 0.2) is 36.0 Å². The summed E-state index contributed by atoms with van der Waals surface area (Å²) in [4.78, 5) is 8.05. The molecule has 8 heteroatoms. The zero-order chi connectivity index (χ0) is 18.8. The molecule has 6 nitrogen and oxygen atoms in total. The average Bonchev–Trinajstić information content (AvgIpc) is 3.29. The van der Waals surface area contributed by atoms with E-state index in [1.807, 2.05) is 28.2 Å². The number of aromatic nitrogens is 4. The number of nitrogens with zero attached hydrogens (tertiary/aromatic N) is 5. The standard InChI is InChI=1S/C19H23N5OS2/c1-14-16-6-12-27-17(16)5-9-22(14)13-24-19(26)23(10-11-25-2)18(21-24)15-3-7-20-8-4-15/h3-4,6-8,12,14H,5,9-11,13H2,1-2H3/t14-/m1/s1. The molecule has 0 spiro atoms. The van der Waals surface area contributed by atoms with E-state index in [1.165, 1.54) is 10.4 Å². The Bertz CT molecular complexity index is 962. The van der Waals surface area contributed by atoms with Gasteiger partial charge in [-0.2, -0.15) is 5.10 Å². The van der Waals surface area contributed by atoms with Crippen molar-refractivity contribution < 1.29 is 4.74 Å². The first-order valence-corrected chi connectivity index (χ1v) is 10.3. The fourth-order valence-electron chi connectivity index (χ4n) is 3.56. The number of pyridine rings is 1. The molecule has 0 radical (unpaired) electrons. The SMILES string of the molecule is COCCn1c(-c2ccncc2)nn(CN2CCc3sccc3[C@H]2C)c1=S. The third-order valence-corrected chi connectivity index (χ3v) is 6.53. The van der Waals surface area contributed by atoms with Crippen molar-refractivity contribution in [2.24, 2.45) is 0 Å². The number of fused-ring (bicyclic) bond motifs is 1. The average molecular weight is 402 g/mol. The van der Waals surface area contributed by atoms with E-state index in [0.717, 1.165) is 29.1 Å². The highest BCUT2D eigenvalue weighted by Gasteiger charge is 2.25. The van der Waals surface area contributed by atoms with Gasteiger partial charge in [-0.05, 0) is 54.7 Å². The summed E-state index contributed by atoms with van der Waals surface area (Å²) >= 11 is 7.62. The van der Waals surface area contributed by atoms with Gasteiger partial charge in [-0.15, -0.1) is 11.3 Å². The molecule has 1 aliphatic heterocycles. The van der Waals surface area contributed by atoms with Gasteiger partial charge in [0.2, 0.25) is 0 Å². The Morgan fingerprint density at radius 2 is 2.11 bits per heavy atom. The predicted molar refractivity (Wildman–Crippen MR) is 109 cm³/mol. The molecule has 0 aliphatic carbocycles. The predicted octanol–water partition coefficient (Wildman–Crippen LogP) is 3.76. The summed E-state index contributed by atoms with van der Waals surface area (Å²) in [5.41, 5.74) is 2.45. The van der Waals surface area contributed by atoms with Gasteiger partial charge >= 0.3 is 0 Å². The van der Waals surface area contributed by atoms with Crippen LogP contribution < -0.4 is 0 Å². The maximum atomic E-state index is 5.76. The molecular weight excluding hydrogens is 378 g/mol. The summed E-state index contributed by atoms with van der Waals surface area (Å²) in [6.45, 7) is 5.24. The highest BCUT2D eigenvalue weighted by molar-refractivity contribution is 7.71. The van der Waals surface area contributed by atoms with E-state index in [-0.39, 0.29) is 0 Å². The summed E-state index contributed by atoms with van der Waals surface area (Å²) in [6.07, 6.45) is 4.65. The Balaban J connectivity index is 1.65. The monoisotopic (exact) mass is 401 g/mol. The van der Waals surface area contributed by atoms with E-state index in [1.54, 1.807) is 19.5 Å². The number of thiophene rings is 1. The summed E-state index contributed by atoms with van der Waals surface area (Å²) in [5.74, 6) is 0.861. The minimum absolute atomic E-state index is 0.371. The maximum Gasteiger partial charge on any atom is 0.199 e. The second-order valence-electron chi connectivity index (χ2n) is 6.66. The molecule has 1 aliphatic rings. The fourth-order valence-corrected chi connectivity index (χ4v) is 4.80. The second-order valence-corrected chi connectivity index (χ2v) is 8.03. The smallest absolute Gasteiger partial charge is 0.199 e. The number of hydrogen-bond acceptors (Lipinski definition) is 6. The summed E-state index contributed by atoms with van der Waals surface area (Å²) in [7, 11) is 1.70. The Hall–Kier alpha value is -1.87. The van der Waals surface area contributed by atoms with Gasteiger partial charge in [0.25, 0.3) is 0 Å². The molecule has 0 amide bonds. The zero-order valence-corrected chi connectivity index (χ0v) is 17.2. The Kier molecular flexibility index (Phi) is 5.49. The van der Waals surface area contributed by atoms with Crippen LogP contribution in [0.2, 0.25) is 0 Å². The van der Waals surface area contributed by atoms with Gasteiger partial charge in [0.05, 0.1) is 19.8 Å². The minimum Gasteiger partial charge on any atom is -0.383 e. The normalized spacial score (nSPS) is 17.2. The van der Waals surface area contributed by atoms with Crippen LogP contribution in [-0.2, 0) is 24.4 Å². The zero-order valence-electron chi connectivity index (χ0n) is 15.5. The molecule has 0 N–H and O–H groups in total. The molecular formula is C19H23N5OS2. The number of methoxy groups -OCH3 is 1. The van der Waals surface area contributed by atoms with E-state index < -0.39 is 0 Å². The molecule has 4 rings (SSSR count). The van der Waals surface area contributed by atoms with Crippen molar-refractivity contribution in [3.05, 3.63) is 51.2 Å². The molecule has 142 valence electrons. The first kappa shape index (κ1) is 18.5. The van der Waals surface area contributed by atoms with Crippen molar-refractivity contribution in [3.63, 3.8) is 0 Å². The molecule has 27 heavy (non-hydrogen) atoms. The van der Waals surface area contributed by atoms with Crippen molar-refractivity contribution in [1.29, 1.82) is 0 Å². The third kappa shape index (κ3) is 3.62. The van der Waals surface area contributed by atoms with Crippen molar-refractivity contribution in [2.75, 3.05) is 20.3 Å². The first-order valence-electron chi connectivity index (χ1n) is 9.06. The Morgan fingerprint density at radius 3 is 2.89 bits per heavy atom. The molecule has 3 aromatic heterocycles. The van der Waals surface area contributed by atoms with Crippen LogP contribution in [0.25, 0.3) is 11.4 Å². The van der Waals surface area contributed by atoms with Crippen LogP contribution in [0.1, 0.15) is 23.4 Å². The minimum atomic E-state index is 0.371. The van der Waals surface area contributed by atoms with Crippen molar-refractivity contribution >= 4 is 23.6 Å². The Labute approximate surface area is 168 Å². The molecule has 1 atom stereocenters. The van der Waals surface area contributed by atoms with Gasteiger partial charge in [-0.25, -0.2) is 4.68 Å². The van der Waals surface area contributed by atoms with E-state index in [2.05, 4.69) is 32.8 Å².